The third kappa shape index (κ3) is 5.08. The van der Waals surface area contributed by atoms with Gasteiger partial charge in [-0.2, -0.15) is 0 Å². The molecule has 1 aliphatic heterocycles. The number of amides is 2. The van der Waals surface area contributed by atoms with Gasteiger partial charge in [0.15, 0.2) is 11.5 Å². The highest BCUT2D eigenvalue weighted by molar-refractivity contribution is 5.95. The normalized spacial score (nSPS) is 13.4. The van der Waals surface area contributed by atoms with Crippen molar-refractivity contribution in [3.8, 4) is 11.5 Å². The van der Waals surface area contributed by atoms with Crippen LogP contribution in [0.5, 0.6) is 11.5 Å². The fourth-order valence-electron chi connectivity index (χ4n) is 2.51. The minimum atomic E-state index is -1.03. The van der Waals surface area contributed by atoms with Crippen LogP contribution in [-0.2, 0) is 16.1 Å². The lowest BCUT2D eigenvalue weighted by atomic mass is 10.2. The van der Waals surface area contributed by atoms with Crippen LogP contribution in [0.1, 0.15) is 11.1 Å². The molecule has 2 amide bonds. The minimum absolute atomic E-state index is 0.180. The summed E-state index contributed by atoms with van der Waals surface area (Å²) in [6, 6.07) is 13.6. The van der Waals surface area contributed by atoms with Crippen LogP contribution < -0.4 is 20.1 Å². The number of ether oxygens (including phenoxy) is 2. The maximum absolute atomic E-state index is 12.1. The van der Waals surface area contributed by atoms with Crippen LogP contribution in [0.3, 0.4) is 0 Å². The van der Waals surface area contributed by atoms with E-state index in [9.17, 15) is 14.7 Å². The first kappa shape index (κ1) is 18.5. The first-order chi connectivity index (χ1) is 13.2. The summed E-state index contributed by atoms with van der Waals surface area (Å²) >= 11 is 0. The molecule has 2 aromatic rings. The smallest absolute Gasteiger partial charge is 0.245 e. The van der Waals surface area contributed by atoms with E-state index < -0.39 is 24.5 Å². The number of carbonyl (C=O) groups excluding carboxylic acids is 2. The predicted molar refractivity (Wildman–Crippen MR) is 98.9 cm³/mol. The van der Waals surface area contributed by atoms with Crippen molar-refractivity contribution < 1.29 is 24.2 Å². The van der Waals surface area contributed by atoms with Crippen molar-refractivity contribution in [2.24, 2.45) is 0 Å². The lowest BCUT2D eigenvalue weighted by Crippen LogP contribution is -2.48. The Morgan fingerprint density at radius 1 is 1.11 bits per heavy atom. The molecule has 0 saturated carbocycles. The molecule has 0 saturated heterocycles. The van der Waals surface area contributed by atoms with Gasteiger partial charge in [0.2, 0.25) is 18.6 Å². The highest BCUT2D eigenvalue weighted by atomic mass is 16.7. The number of hydrogen-bond acceptors (Lipinski definition) is 5. The van der Waals surface area contributed by atoms with Crippen molar-refractivity contribution in [3.63, 3.8) is 0 Å². The second-order valence-electron chi connectivity index (χ2n) is 5.89. The molecule has 7 nitrogen and oxygen atoms in total. The van der Waals surface area contributed by atoms with Gasteiger partial charge in [-0.05, 0) is 29.3 Å². The Labute approximate surface area is 156 Å². The van der Waals surface area contributed by atoms with Gasteiger partial charge in [-0.15, -0.1) is 0 Å². The molecule has 0 aliphatic carbocycles. The third-order valence-electron chi connectivity index (χ3n) is 3.95. The molecule has 0 radical (unpaired) electrons. The van der Waals surface area contributed by atoms with Crippen molar-refractivity contribution in [1.82, 2.24) is 10.6 Å². The lowest BCUT2D eigenvalue weighted by molar-refractivity contribution is -0.128. The van der Waals surface area contributed by atoms with Gasteiger partial charge in [-0.3, -0.25) is 9.59 Å². The van der Waals surface area contributed by atoms with Crippen molar-refractivity contribution >= 4 is 17.9 Å². The highest BCUT2D eigenvalue weighted by Crippen LogP contribution is 2.32. The van der Waals surface area contributed by atoms with Crippen molar-refractivity contribution in [2.45, 2.75) is 12.6 Å². The van der Waals surface area contributed by atoms with Crippen molar-refractivity contribution in [3.05, 3.63) is 65.7 Å². The number of carbonyl (C=O) groups is 2. The third-order valence-corrected chi connectivity index (χ3v) is 3.95. The molecule has 2 aromatic carbocycles. The van der Waals surface area contributed by atoms with E-state index in [1.54, 1.807) is 24.3 Å². The van der Waals surface area contributed by atoms with Gasteiger partial charge in [-0.25, -0.2) is 0 Å². The molecule has 0 fully saturated rings. The topological polar surface area (TPSA) is 96.9 Å². The van der Waals surface area contributed by atoms with Crippen LogP contribution in [0.2, 0.25) is 0 Å². The van der Waals surface area contributed by atoms with E-state index in [-0.39, 0.29) is 6.79 Å². The summed E-state index contributed by atoms with van der Waals surface area (Å²) in [6.45, 7) is 0.00255. The van der Waals surface area contributed by atoms with Gasteiger partial charge in [0.1, 0.15) is 6.04 Å². The van der Waals surface area contributed by atoms with Crippen molar-refractivity contribution in [1.29, 1.82) is 0 Å². The fourth-order valence-corrected chi connectivity index (χ4v) is 2.51. The summed E-state index contributed by atoms with van der Waals surface area (Å²) in [5, 5.41) is 14.6. The van der Waals surface area contributed by atoms with Crippen LogP contribution in [-0.4, -0.2) is 36.4 Å². The molecule has 0 spiro atoms. The molecule has 0 unspecified atom stereocenters. The molecule has 0 bridgehead atoms. The Kier molecular flexibility index (Phi) is 6.06. The molecule has 1 atom stereocenters. The maximum atomic E-state index is 12.1. The van der Waals surface area contributed by atoms with E-state index >= 15 is 0 Å². The summed E-state index contributed by atoms with van der Waals surface area (Å²) in [4.78, 5) is 24.2. The molecule has 140 valence electrons. The Bertz CT molecular complexity index is 836. The molecule has 3 rings (SSSR count). The molecule has 1 heterocycles. The average molecular weight is 368 g/mol. The number of aliphatic hydroxyl groups excluding tert-OH is 1. The van der Waals surface area contributed by atoms with E-state index in [1.165, 1.54) is 6.08 Å². The van der Waals surface area contributed by atoms with Gasteiger partial charge in [0.25, 0.3) is 0 Å². The number of benzene rings is 2. The molecule has 27 heavy (non-hydrogen) atoms. The van der Waals surface area contributed by atoms with Crippen LogP contribution in [0.15, 0.2) is 54.6 Å². The molecule has 3 N–H and O–H groups in total. The Morgan fingerprint density at radius 3 is 2.67 bits per heavy atom. The molecular weight excluding hydrogens is 348 g/mol. The van der Waals surface area contributed by atoms with Gasteiger partial charge in [0.05, 0.1) is 6.61 Å². The standard InChI is InChI=1S/C20H20N2O5/c23-12-16(20(25)21-11-15-4-2-1-3-5-15)22-19(24)9-7-14-6-8-17-18(10-14)27-13-26-17/h1-10,16,23H,11-13H2,(H,21,25)(H,22,24)/t16-/m0/s1. The predicted octanol–water partition coefficient (Wildman–Crippen LogP) is 1.22. The zero-order chi connectivity index (χ0) is 19.1. The van der Waals surface area contributed by atoms with E-state index in [0.29, 0.717) is 18.0 Å². The summed E-state index contributed by atoms with van der Waals surface area (Å²) < 4.78 is 10.5. The number of nitrogens with one attached hydrogen (secondary N) is 2. The Morgan fingerprint density at radius 2 is 1.89 bits per heavy atom. The summed E-state index contributed by atoms with van der Waals surface area (Å²) in [6.07, 6.45) is 2.89. The quantitative estimate of drug-likeness (QED) is 0.639. The SMILES string of the molecule is O=C(C=Cc1ccc2c(c1)OCO2)N[C@@H](CO)C(=O)NCc1ccccc1. The minimum Gasteiger partial charge on any atom is -0.454 e. The number of rotatable bonds is 7. The lowest BCUT2D eigenvalue weighted by Gasteiger charge is -2.15. The largest absolute Gasteiger partial charge is 0.454 e. The number of hydrogen-bond donors (Lipinski definition) is 3. The van der Waals surface area contributed by atoms with Crippen molar-refractivity contribution in [2.75, 3.05) is 13.4 Å². The molecule has 7 heteroatoms. The monoisotopic (exact) mass is 368 g/mol. The zero-order valence-electron chi connectivity index (χ0n) is 14.6. The van der Waals surface area contributed by atoms with Gasteiger partial charge in [0, 0.05) is 12.6 Å². The Hall–Kier alpha value is -3.32. The van der Waals surface area contributed by atoms with Crippen LogP contribution >= 0.6 is 0 Å². The van der Waals surface area contributed by atoms with E-state index in [1.807, 2.05) is 30.3 Å². The first-order valence-corrected chi connectivity index (χ1v) is 8.46. The van der Waals surface area contributed by atoms with Crippen LogP contribution in [0.25, 0.3) is 6.08 Å². The molecule has 0 aromatic heterocycles. The van der Waals surface area contributed by atoms with Gasteiger partial charge in [-0.1, -0.05) is 36.4 Å². The summed E-state index contributed by atoms with van der Waals surface area (Å²) in [5.41, 5.74) is 1.68. The average Bonchev–Trinajstić information content (AvgIpc) is 3.17. The maximum Gasteiger partial charge on any atom is 0.245 e. The Balaban J connectivity index is 1.52. The highest BCUT2D eigenvalue weighted by Gasteiger charge is 2.18. The summed E-state index contributed by atoms with van der Waals surface area (Å²) in [7, 11) is 0. The van der Waals surface area contributed by atoms with Gasteiger partial charge < -0.3 is 25.2 Å². The van der Waals surface area contributed by atoms with E-state index in [2.05, 4.69) is 10.6 Å². The second kappa shape index (κ2) is 8.86. The summed E-state index contributed by atoms with van der Waals surface area (Å²) in [5.74, 6) is 0.339. The zero-order valence-corrected chi connectivity index (χ0v) is 14.6. The van der Waals surface area contributed by atoms with E-state index in [0.717, 1.165) is 11.1 Å². The second-order valence-corrected chi connectivity index (χ2v) is 5.89. The van der Waals surface area contributed by atoms with Gasteiger partial charge >= 0.3 is 0 Å². The van der Waals surface area contributed by atoms with Crippen LogP contribution in [0.4, 0.5) is 0 Å². The molecule has 1 aliphatic rings. The number of aliphatic hydroxyl groups is 1. The number of fused-ring (bicyclic) bond motifs is 1. The van der Waals surface area contributed by atoms with E-state index in [4.69, 9.17) is 9.47 Å². The molecular formula is C20H20N2O5. The first-order valence-electron chi connectivity index (χ1n) is 8.46. The van der Waals surface area contributed by atoms with Crippen LogP contribution in [0, 0.1) is 0 Å². The fraction of sp³-hybridized carbons (Fsp3) is 0.200.